The first-order valence-electron chi connectivity index (χ1n) is 6.14. The van der Waals surface area contributed by atoms with E-state index in [-0.39, 0.29) is 17.2 Å². The summed E-state index contributed by atoms with van der Waals surface area (Å²) in [6.45, 7) is 4.01. The molecule has 0 bridgehead atoms. The summed E-state index contributed by atoms with van der Waals surface area (Å²) in [4.78, 5) is 32.3. The number of hydrogen-bond donors (Lipinski definition) is 1. The fourth-order valence-electron chi connectivity index (χ4n) is 1.81. The number of imide groups is 1. The van der Waals surface area contributed by atoms with Gasteiger partial charge in [0.2, 0.25) is 5.28 Å². The Bertz CT molecular complexity index is 518. The van der Waals surface area contributed by atoms with Gasteiger partial charge >= 0.3 is 6.03 Å². The number of hydrogen-bond acceptors (Lipinski definition) is 5. The molecule has 1 aromatic heterocycles. The van der Waals surface area contributed by atoms with Crippen LogP contribution in [-0.2, 0) is 4.79 Å². The van der Waals surface area contributed by atoms with E-state index in [0.717, 1.165) is 0 Å². The molecule has 0 saturated carbocycles. The van der Waals surface area contributed by atoms with Crippen LogP contribution in [0.4, 0.5) is 4.79 Å². The number of carbonyl (C=O) groups excluding carboxylic acids is 2. The van der Waals surface area contributed by atoms with E-state index in [2.05, 4.69) is 15.3 Å². The minimum atomic E-state index is -0.831. The number of carbonyl (C=O) groups is 2. The summed E-state index contributed by atoms with van der Waals surface area (Å²) >= 11 is 5.55. The lowest BCUT2D eigenvalue weighted by Gasteiger charge is -2.15. The Morgan fingerprint density at radius 2 is 2.00 bits per heavy atom. The van der Waals surface area contributed by atoms with Gasteiger partial charge in [0.05, 0.1) is 19.0 Å². The molecule has 2 rings (SSSR count). The second kappa shape index (κ2) is 5.62. The molecule has 1 aliphatic heterocycles. The van der Waals surface area contributed by atoms with E-state index in [1.807, 2.05) is 0 Å². The quantitative estimate of drug-likeness (QED) is 0.502. The van der Waals surface area contributed by atoms with Crippen LogP contribution in [0.5, 0.6) is 5.75 Å². The largest absolute Gasteiger partial charge is 0.490 e. The molecule has 1 aromatic rings. The highest BCUT2D eigenvalue weighted by molar-refractivity contribution is 6.28. The van der Waals surface area contributed by atoms with E-state index < -0.39 is 5.54 Å². The van der Waals surface area contributed by atoms with Crippen LogP contribution in [-0.4, -0.2) is 45.5 Å². The minimum absolute atomic E-state index is 0.152. The van der Waals surface area contributed by atoms with Gasteiger partial charge in [-0.25, -0.2) is 14.8 Å². The molecule has 8 heteroatoms. The first-order valence-corrected chi connectivity index (χ1v) is 6.52. The molecule has 7 nitrogen and oxygen atoms in total. The molecule has 0 aliphatic carbocycles. The fourth-order valence-corrected chi connectivity index (χ4v) is 1.91. The van der Waals surface area contributed by atoms with E-state index in [4.69, 9.17) is 16.3 Å². The Kier molecular flexibility index (Phi) is 4.08. The zero-order valence-corrected chi connectivity index (χ0v) is 12.0. The summed E-state index contributed by atoms with van der Waals surface area (Å²) in [6, 6.07) is -0.366. The van der Waals surface area contributed by atoms with Gasteiger partial charge in [-0.1, -0.05) is 0 Å². The van der Waals surface area contributed by atoms with Crippen molar-refractivity contribution in [1.82, 2.24) is 20.2 Å². The SMILES string of the molecule is CC1(C)NC(=O)N(CCCOc2cnc(Cl)nc2)C1=O. The smallest absolute Gasteiger partial charge is 0.325 e. The van der Waals surface area contributed by atoms with Gasteiger partial charge in [0.1, 0.15) is 5.54 Å². The van der Waals surface area contributed by atoms with Gasteiger partial charge in [0.25, 0.3) is 5.91 Å². The standard InChI is InChI=1S/C12H15ClN4O3/c1-12(2)9(18)17(11(19)16-12)4-3-5-20-8-6-14-10(13)15-7-8/h6-7H,3-5H2,1-2H3,(H,16,19). The predicted molar refractivity (Wildman–Crippen MR) is 71.5 cm³/mol. The molecule has 1 aliphatic rings. The second-order valence-electron chi connectivity index (χ2n) is 4.90. The van der Waals surface area contributed by atoms with Crippen molar-refractivity contribution in [3.63, 3.8) is 0 Å². The third-order valence-corrected chi connectivity index (χ3v) is 3.03. The molecular weight excluding hydrogens is 284 g/mol. The van der Waals surface area contributed by atoms with Crippen molar-refractivity contribution in [2.45, 2.75) is 25.8 Å². The molecule has 20 heavy (non-hydrogen) atoms. The molecule has 108 valence electrons. The summed E-state index contributed by atoms with van der Waals surface area (Å²) < 4.78 is 5.39. The van der Waals surface area contributed by atoms with E-state index >= 15 is 0 Å². The Balaban J connectivity index is 1.78. The lowest BCUT2D eigenvalue weighted by atomic mass is 10.1. The van der Waals surface area contributed by atoms with Gasteiger partial charge in [-0.05, 0) is 31.9 Å². The number of aromatic nitrogens is 2. The highest BCUT2D eigenvalue weighted by Crippen LogP contribution is 2.16. The first kappa shape index (κ1) is 14.5. The molecule has 0 atom stereocenters. The van der Waals surface area contributed by atoms with Gasteiger partial charge in [-0.3, -0.25) is 9.69 Å². The van der Waals surface area contributed by atoms with Crippen LogP contribution in [0.15, 0.2) is 12.4 Å². The second-order valence-corrected chi connectivity index (χ2v) is 5.24. The number of amides is 3. The van der Waals surface area contributed by atoms with Crippen LogP contribution in [0.3, 0.4) is 0 Å². The number of nitrogens with zero attached hydrogens (tertiary/aromatic N) is 3. The first-order chi connectivity index (χ1) is 9.40. The van der Waals surface area contributed by atoms with E-state index in [1.165, 1.54) is 17.3 Å². The molecule has 2 heterocycles. The Morgan fingerprint density at radius 3 is 2.55 bits per heavy atom. The highest BCUT2D eigenvalue weighted by Gasteiger charge is 2.43. The highest BCUT2D eigenvalue weighted by atomic mass is 35.5. The molecular formula is C12H15ClN4O3. The number of rotatable bonds is 5. The molecule has 0 unspecified atom stereocenters. The number of halogens is 1. The summed E-state index contributed by atoms with van der Waals surface area (Å²) in [5.74, 6) is 0.268. The van der Waals surface area contributed by atoms with Crippen molar-refractivity contribution >= 4 is 23.5 Å². The number of urea groups is 1. The monoisotopic (exact) mass is 298 g/mol. The Labute approximate surface area is 121 Å². The van der Waals surface area contributed by atoms with E-state index in [9.17, 15) is 9.59 Å². The van der Waals surface area contributed by atoms with Crippen molar-refractivity contribution < 1.29 is 14.3 Å². The summed E-state index contributed by atoms with van der Waals surface area (Å²) in [5, 5.41) is 2.77. The Hall–Kier alpha value is -1.89. The normalized spacial score (nSPS) is 17.2. The summed E-state index contributed by atoms with van der Waals surface area (Å²) in [6.07, 6.45) is 3.45. The maximum absolute atomic E-state index is 11.9. The van der Waals surface area contributed by atoms with Gasteiger partial charge in [-0.2, -0.15) is 0 Å². The zero-order valence-electron chi connectivity index (χ0n) is 11.2. The Morgan fingerprint density at radius 1 is 1.35 bits per heavy atom. The van der Waals surface area contributed by atoms with Gasteiger partial charge < -0.3 is 10.1 Å². The van der Waals surface area contributed by atoms with Crippen molar-refractivity contribution in [2.24, 2.45) is 0 Å². The summed E-state index contributed by atoms with van der Waals surface area (Å²) in [5.41, 5.74) is -0.831. The van der Waals surface area contributed by atoms with Crippen molar-refractivity contribution in [2.75, 3.05) is 13.2 Å². The third-order valence-electron chi connectivity index (χ3n) is 2.84. The predicted octanol–water partition coefficient (Wildman–Crippen LogP) is 1.23. The minimum Gasteiger partial charge on any atom is -0.490 e. The van der Waals surface area contributed by atoms with Crippen LogP contribution in [0.1, 0.15) is 20.3 Å². The third kappa shape index (κ3) is 3.16. The van der Waals surface area contributed by atoms with Crippen LogP contribution < -0.4 is 10.1 Å². The fraction of sp³-hybridized carbons (Fsp3) is 0.500. The molecule has 1 fully saturated rings. The van der Waals surface area contributed by atoms with Crippen LogP contribution in [0, 0.1) is 0 Å². The molecule has 1 N–H and O–H groups in total. The van der Waals surface area contributed by atoms with Crippen LogP contribution >= 0.6 is 11.6 Å². The van der Waals surface area contributed by atoms with E-state index in [1.54, 1.807) is 13.8 Å². The maximum atomic E-state index is 11.9. The molecule has 0 radical (unpaired) electrons. The number of ether oxygens (including phenoxy) is 1. The number of nitrogens with one attached hydrogen (secondary N) is 1. The zero-order chi connectivity index (χ0) is 14.8. The van der Waals surface area contributed by atoms with Crippen molar-refractivity contribution in [3.05, 3.63) is 17.7 Å². The van der Waals surface area contributed by atoms with Crippen LogP contribution in [0.2, 0.25) is 5.28 Å². The van der Waals surface area contributed by atoms with E-state index in [0.29, 0.717) is 25.3 Å². The molecule has 0 spiro atoms. The molecule has 1 saturated heterocycles. The topological polar surface area (TPSA) is 84.4 Å². The average molecular weight is 299 g/mol. The van der Waals surface area contributed by atoms with Gasteiger partial charge in [0, 0.05) is 6.54 Å². The van der Waals surface area contributed by atoms with Crippen LogP contribution in [0.25, 0.3) is 0 Å². The maximum Gasteiger partial charge on any atom is 0.325 e. The molecule has 3 amide bonds. The average Bonchev–Trinajstić information content (AvgIpc) is 2.58. The summed E-state index contributed by atoms with van der Waals surface area (Å²) in [7, 11) is 0. The lowest BCUT2D eigenvalue weighted by molar-refractivity contribution is -0.130. The van der Waals surface area contributed by atoms with Crippen molar-refractivity contribution in [3.8, 4) is 5.75 Å². The van der Waals surface area contributed by atoms with Crippen molar-refractivity contribution in [1.29, 1.82) is 0 Å². The molecule has 0 aromatic carbocycles. The van der Waals surface area contributed by atoms with Gasteiger partial charge in [-0.15, -0.1) is 0 Å². The van der Waals surface area contributed by atoms with Gasteiger partial charge in [0.15, 0.2) is 5.75 Å². The lowest BCUT2D eigenvalue weighted by Crippen LogP contribution is -2.40.